The average molecular weight is 730 g/mol. The molecule has 0 saturated carbocycles. The minimum atomic E-state index is 0.528. The first-order valence-corrected chi connectivity index (χ1v) is 19.1. The second-order valence-corrected chi connectivity index (χ2v) is 14.4. The molecular weight excluding hydrogens is 699 g/mol. The molecule has 0 aliphatic heterocycles. The zero-order valence-electron chi connectivity index (χ0n) is 30.5. The van der Waals surface area contributed by atoms with Crippen molar-refractivity contribution in [2.75, 3.05) is 0 Å². The van der Waals surface area contributed by atoms with Gasteiger partial charge in [0, 0.05) is 49.1 Å². The minimum absolute atomic E-state index is 0.528. The van der Waals surface area contributed by atoms with Gasteiger partial charge in [0.15, 0.2) is 11.6 Å². The second-order valence-electron chi connectivity index (χ2n) is 14.4. The van der Waals surface area contributed by atoms with Crippen LogP contribution in [-0.4, -0.2) is 24.1 Å². The molecule has 0 spiro atoms. The highest BCUT2D eigenvalue weighted by Crippen LogP contribution is 2.43. The molecule has 4 aromatic heterocycles. The molecule has 0 saturated heterocycles. The number of fused-ring (bicyclic) bond motifs is 10. The number of hydrogen-bond donors (Lipinski definition) is 0. The van der Waals surface area contributed by atoms with Crippen molar-refractivity contribution in [1.82, 2.24) is 24.1 Å². The fourth-order valence-corrected chi connectivity index (χ4v) is 8.70. The monoisotopic (exact) mass is 729 g/mol. The largest absolute Gasteiger partial charge is 0.455 e. The molecule has 6 heteroatoms. The van der Waals surface area contributed by atoms with Crippen LogP contribution in [0.3, 0.4) is 0 Å². The van der Waals surface area contributed by atoms with Crippen LogP contribution in [0.15, 0.2) is 192 Å². The van der Waals surface area contributed by atoms with Gasteiger partial charge in [0.05, 0.1) is 27.6 Å². The van der Waals surface area contributed by atoms with Crippen LogP contribution in [0.25, 0.3) is 111 Å². The van der Waals surface area contributed by atoms with E-state index < -0.39 is 0 Å². The Hall–Kier alpha value is -7.83. The predicted molar refractivity (Wildman–Crippen MR) is 232 cm³/mol. The smallest absolute Gasteiger partial charge is 0.238 e. The molecule has 266 valence electrons. The van der Waals surface area contributed by atoms with Crippen molar-refractivity contribution in [3.8, 4) is 45.5 Å². The van der Waals surface area contributed by atoms with Crippen LogP contribution in [-0.2, 0) is 0 Å². The molecule has 12 aromatic rings. The normalized spacial score (nSPS) is 11.9. The van der Waals surface area contributed by atoms with Crippen LogP contribution in [0.4, 0.5) is 0 Å². The fraction of sp³-hybridized carbons (Fsp3) is 0. The summed E-state index contributed by atoms with van der Waals surface area (Å²) in [5, 5.41) is 6.64. The summed E-state index contributed by atoms with van der Waals surface area (Å²) in [5.74, 6) is 1.64. The van der Waals surface area contributed by atoms with E-state index in [0.29, 0.717) is 17.6 Å². The summed E-state index contributed by atoms with van der Waals surface area (Å²) >= 11 is 0. The molecule has 0 amide bonds. The number of rotatable bonds is 5. The summed E-state index contributed by atoms with van der Waals surface area (Å²) in [7, 11) is 0. The third kappa shape index (κ3) is 4.74. The molecule has 0 aliphatic rings. The molecule has 0 radical (unpaired) electrons. The van der Waals surface area contributed by atoms with Crippen LogP contribution in [0, 0.1) is 0 Å². The molecule has 6 nitrogen and oxygen atoms in total. The van der Waals surface area contributed by atoms with Gasteiger partial charge in [-0.15, -0.1) is 0 Å². The molecule has 0 N–H and O–H groups in total. The molecule has 4 heterocycles. The predicted octanol–water partition coefficient (Wildman–Crippen LogP) is 13.0. The first-order valence-electron chi connectivity index (χ1n) is 19.1. The third-order valence-electron chi connectivity index (χ3n) is 11.2. The molecule has 0 atom stereocenters. The van der Waals surface area contributed by atoms with Crippen LogP contribution >= 0.6 is 0 Å². The fourth-order valence-electron chi connectivity index (χ4n) is 8.70. The van der Waals surface area contributed by atoms with E-state index in [-0.39, 0.29) is 0 Å². The maximum Gasteiger partial charge on any atom is 0.238 e. The average Bonchev–Trinajstić information content (AvgIpc) is 3.95. The van der Waals surface area contributed by atoms with Crippen molar-refractivity contribution in [2.24, 2.45) is 0 Å². The van der Waals surface area contributed by atoms with Gasteiger partial charge in [-0.2, -0.15) is 9.97 Å². The zero-order chi connectivity index (χ0) is 37.5. The standard InChI is InChI=1S/C51H31N5O/c1-4-16-32(17-5-1)35-24-14-25-40-41-26-15-27-42(48(41)57-47(35)40)50-52-49(33-18-6-2-7-19-33)53-51(54-50)56-44-29-13-11-23-37(44)39-31-30-38-36-22-10-12-28-43(36)55(45(38)46(39)56)34-20-8-3-9-21-34/h1-31H. The lowest BCUT2D eigenvalue weighted by atomic mass is 10.0. The van der Waals surface area contributed by atoms with Crippen molar-refractivity contribution in [2.45, 2.75) is 0 Å². The van der Waals surface area contributed by atoms with Crippen molar-refractivity contribution in [3.05, 3.63) is 188 Å². The van der Waals surface area contributed by atoms with Gasteiger partial charge in [-0.25, -0.2) is 4.98 Å². The SMILES string of the molecule is c1ccc(-c2nc(-c3cccc4c3oc3c(-c5ccccc5)cccc34)nc(-n3c4ccccc4c4ccc5c6ccccc6n(-c6ccccc6)c5c43)n2)cc1. The summed E-state index contributed by atoms with van der Waals surface area (Å²) in [6.45, 7) is 0. The van der Waals surface area contributed by atoms with E-state index in [1.807, 2.05) is 36.4 Å². The van der Waals surface area contributed by atoms with Gasteiger partial charge in [0.1, 0.15) is 11.2 Å². The van der Waals surface area contributed by atoms with Gasteiger partial charge in [0.2, 0.25) is 5.95 Å². The van der Waals surface area contributed by atoms with Crippen LogP contribution in [0.1, 0.15) is 0 Å². The quantitative estimate of drug-likeness (QED) is 0.177. The Morgan fingerprint density at radius 3 is 1.49 bits per heavy atom. The highest BCUT2D eigenvalue weighted by Gasteiger charge is 2.24. The summed E-state index contributed by atoms with van der Waals surface area (Å²) in [6.07, 6.45) is 0. The van der Waals surface area contributed by atoms with Crippen molar-refractivity contribution in [3.63, 3.8) is 0 Å². The second kappa shape index (κ2) is 12.3. The minimum Gasteiger partial charge on any atom is -0.455 e. The number of para-hydroxylation sites is 5. The van der Waals surface area contributed by atoms with Crippen LogP contribution < -0.4 is 0 Å². The van der Waals surface area contributed by atoms with Gasteiger partial charge in [-0.1, -0.05) is 158 Å². The Morgan fingerprint density at radius 2 is 0.825 bits per heavy atom. The van der Waals surface area contributed by atoms with Gasteiger partial charge in [0.25, 0.3) is 0 Å². The lowest BCUT2D eigenvalue weighted by Crippen LogP contribution is -2.07. The maximum atomic E-state index is 6.89. The van der Waals surface area contributed by atoms with Gasteiger partial charge >= 0.3 is 0 Å². The van der Waals surface area contributed by atoms with Crippen LogP contribution in [0.2, 0.25) is 0 Å². The molecule has 0 fully saturated rings. The van der Waals surface area contributed by atoms with Gasteiger partial charge in [-0.3, -0.25) is 4.57 Å². The molecule has 12 rings (SSSR count). The summed E-state index contributed by atoms with van der Waals surface area (Å²) < 4.78 is 11.5. The number of hydrogen-bond acceptors (Lipinski definition) is 4. The topological polar surface area (TPSA) is 61.7 Å². The van der Waals surface area contributed by atoms with Crippen LogP contribution in [0.5, 0.6) is 0 Å². The number of nitrogens with zero attached hydrogens (tertiary/aromatic N) is 5. The van der Waals surface area contributed by atoms with E-state index in [9.17, 15) is 0 Å². The Balaban J connectivity index is 1.20. The third-order valence-corrected chi connectivity index (χ3v) is 11.2. The van der Waals surface area contributed by atoms with Crippen molar-refractivity contribution < 1.29 is 4.42 Å². The number of benzene rings is 8. The highest BCUT2D eigenvalue weighted by molar-refractivity contribution is 6.23. The summed E-state index contributed by atoms with van der Waals surface area (Å²) in [6, 6.07) is 65.4. The number of furan rings is 1. The molecular formula is C51H31N5O. The lowest BCUT2D eigenvalue weighted by molar-refractivity contribution is 0.670. The Morgan fingerprint density at radius 1 is 0.333 bits per heavy atom. The molecule has 0 bridgehead atoms. The summed E-state index contributed by atoms with van der Waals surface area (Å²) in [5.41, 5.74) is 10.8. The van der Waals surface area contributed by atoms with Crippen molar-refractivity contribution >= 4 is 65.6 Å². The first kappa shape index (κ1) is 31.5. The molecule has 0 aliphatic carbocycles. The van der Waals surface area contributed by atoms with Gasteiger partial charge < -0.3 is 8.98 Å². The van der Waals surface area contributed by atoms with E-state index in [1.54, 1.807) is 0 Å². The van der Waals surface area contributed by atoms with E-state index in [4.69, 9.17) is 19.4 Å². The lowest BCUT2D eigenvalue weighted by Gasteiger charge is -2.13. The van der Waals surface area contributed by atoms with E-state index in [0.717, 1.165) is 88.1 Å². The molecule has 0 unspecified atom stereocenters. The van der Waals surface area contributed by atoms with E-state index >= 15 is 0 Å². The van der Waals surface area contributed by atoms with E-state index in [2.05, 4.69) is 161 Å². The first-order chi connectivity index (χ1) is 28.3. The highest BCUT2D eigenvalue weighted by atomic mass is 16.3. The van der Waals surface area contributed by atoms with E-state index in [1.165, 1.54) is 5.39 Å². The number of aromatic nitrogens is 5. The Bertz CT molecular complexity index is 3510. The van der Waals surface area contributed by atoms with Gasteiger partial charge in [-0.05, 0) is 35.9 Å². The Labute approximate surface area is 326 Å². The Kier molecular flexibility index (Phi) is 6.83. The van der Waals surface area contributed by atoms with Crippen molar-refractivity contribution in [1.29, 1.82) is 0 Å². The maximum absolute atomic E-state index is 6.89. The molecule has 8 aromatic carbocycles. The summed E-state index contributed by atoms with van der Waals surface area (Å²) in [4.78, 5) is 15.9. The zero-order valence-corrected chi connectivity index (χ0v) is 30.5. The molecule has 57 heavy (non-hydrogen) atoms.